The Morgan fingerprint density at radius 2 is 1.96 bits per heavy atom. The Morgan fingerprint density at radius 3 is 2.61 bits per heavy atom. The van der Waals surface area contributed by atoms with Crippen LogP contribution in [0, 0.1) is 5.82 Å². The van der Waals surface area contributed by atoms with Gasteiger partial charge in [-0.3, -0.25) is 9.69 Å². The topological polar surface area (TPSA) is 37.3 Å². The van der Waals surface area contributed by atoms with Gasteiger partial charge in [-0.05, 0) is 50.2 Å². The molecule has 2 aromatic rings. The van der Waals surface area contributed by atoms with Gasteiger partial charge in [-0.25, -0.2) is 4.39 Å². The summed E-state index contributed by atoms with van der Waals surface area (Å²) in [6.07, 6.45) is 4.38. The number of nitrogens with one attached hydrogen (secondary N) is 1. The van der Waals surface area contributed by atoms with Crippen LogP contribution in [0.3, 0.4) is 0 Å². The van der Waals surface area contributed by atoms with Gasteiger partial charge in [0.25, 0.3) is 5.91 Å². The van der Waals surface area contributed by atoms with Gasteiger partial charge in [0.15, 0.2) is 0 Å². The summed E-state index contributed by atoms with van der Waals surface area (Å²) in [6.45, 7) is 2.54. The summed E-state index contributed by atoms with van der Waals surface area (Å²) >= 11 is 0. The molecule has 1 fully saturated rings. The zero-order valence-corrected chi connectivity index (χ0v) is 13.3. The lowest BCUT2D eigenvalue weighted by atomic mass is 10.1. The molecular formula is C18H22FN3O. The van der Waals surface area contributed by atoms with Crippen LogP contribution < -0.4 is 5.32 Å². The zero-order chi connectivity index (χ0) is 16.2. The van der Waals surface area contributed by atoms with E-state index in [4.69, 9.17) is 0 Å². The molecule has 0 spiro atoms. The highest BCUT2D eigenvalue weighted by Gasteiger charge is 2.26. The van der Waals surface area contributed by atoms with Crippen LogP contribution in [0.25, 0.3) is 0 Å². The molecule has 1 aliphatic rings. The van der Waals surface area contributed by atoms with E-state index in [2.05, 4.69) is 20.9 Å². The molecular weight excluding hydrogens is 293 g/mol. The molecule has 0 bridgehead atoms. The van der Waals surface area contributed by atoms with E-state index in [1.165, 1.54) is 30.7 Å². The van der Waals surface area contributed by atoms with Gasteiger partial charge in [0.1, 0.15) is 5.82 Å². The third kappa shape index (κ3) is 3.45. The van der Waals surface area contributed by atoms with Crippen molar-refractivity contribution in [1.29, 1.82) is 0 Å². The van der Waals surface area contributed by atoms with Crippen LogP contribution in [0.2, 0.25) is 0 Å². The lowest BCUT2D eigenvalue weighted by Gasteiger charge is -2.28. The summed E-state index contributed by atoms with van der Waals surface area (Å²) in [5.74, 6) is -0.844. The third-order valence-corrected chi connectivity index (χ3v) is 4.48. The van der Waals surface area contributed by atoms with Crippen LogP contribution in [0.15, 0.2) is 42.6 Å². The number of amides is 1. The average molecular weight is 315 g/mol. The van der Waals surface area contributed by atoms with Gasteiger partial charge in [0.05, 0.1) is 11.6 Å². The second-order valence-electron chi connectivity index (χ2n) is 5.99. The number of aromatic nitrogens is 1. The van der Waals surface area contributed by atoms with Crippen LogP contribution in [-0.2, 0) is 7.05 Å². The van der Waals surface area contributed by atoms with Gasteiger partial charge < -0.3 is 9.88 Å². The fraction of sp³-hybridized carbons (Fsp3) is 0.389. The summed E-state index contributed by atoms with van der Waals surface area (Å²) in [5.41, 5.74) is 1.26. The molecule has 1 aromatic carbocycles. The first-order valence-corrected chi connectivity index (χ1v) is 8.05. The maximum atomic E-state index is 13.7. The van der Waals surface area contributed by atoms with Crippen molar-refractivity contribution >= 4 is 5.91 Å². The maximum absolute atomic E-state index is 13.7. The van der Waals surface area contributed by atoms with Crippen LogP contribution in [0.1, 0.15) is 34.9 Å². The highest BCUT2D eigenvalue weighted by Crippen LogP contribution is 2.24. The Morgan fingerprint density at radius 1 is 1.22 bits per heavy atom. The lowest BCUT2D eigenvalue weighted by molar-refractivity contribution is 0.0932. The molecule has 1 amide bonds. The first-order chi connectivity index (χ1) is 11.2. The van der Waals surface area contributed by atoms with Crippen LogP contribution in [0.5, 0.6) is 0 Å². The van der Waals surface area contributed by atoms with Gasteiger partial charge in [-0.1, -0.05) is 12.1 Å². The average Bonchev–Trinajstić information content (AvgIpc) is 3.21. The second kappa shape index (κ2) is 6.96. The molecule has 23 heavy (non-hydrogen) atoms. The number of nitrogens with zero attached hydrogens (tertiary/aromatic N) is 2. The Labute approximate surface area is 135 Å². The number of benzene rings is 1. The Hall–Kier alpha value is -2.14. The fourth-order valence-corrected chi connectivity index (χ4v) is 3.22. The van der Waals surface area contributed by atoms with Crippen molar-refractivity contribution in [3.8, 4) is 0 Å². The zero-order valence-electron chi connectivity index (χ0n) is 13.3. The molecule has 5 heteroatoms. The summed E-state index contributed by atoms with van der Waals surface area (Å²) < 4.78 is 15.8. The minimum atomic E-state index is -0.485. The minimum absolute atomic E-state index is 0.0968. The summed E-state index contributed by atoms with van der Waals surface area (Å²) in [6, 6.07) is 10.3. The molecule has 122 valence electrons. The number of hydrogen-bond donors (Lipinski definition) is 1. The normalized spacial score (nSPS) is 16.4. The van der Waals surface area contributed by atoms with E-state index in [9.17, 15) is 9.18 Å². The SMILES string of the molecule is Cn1cccc1C(CNC(=O)c1ccccc1F)N1CCCC1. The Balaban J connectivity index is 1.73. The molecule has 1 aliphatic heterocycles. The van der Waals surface area contributed by atoms with Crippen molar-refractivity contribution in [3.05, 3.63) is 59.7 Å². The Kier molecular flexibility index (Phi) is 4.76. The van der Waals surface area contributed by atoms with E-state index < -0.39 is 5.82 Å². The van der Waals surface area contributed by atoms with Crippen LogP contribution >= 0.6 is 0 Å². The van der Waals surface area contributed by atoms with Gasteiger partial charge in [0.2, 0.25) is 0 Å². The number of likely N-dealkylation sites (tertiary alicyclic amines) is 1. The first-order valence-electron chi connectivity index (χ1n) is 8.05. The molecule has 4 nitrogen and oxygen atoms in total. The summed E-state index contributed by atoms with van der Waals surface area (Å²) in [4.78, 5) is 14.6. The fourth-order valence-electron chi connectivity index (χ4n) is 3.22. The lowest BCUT2D eigenvalue weighted by Crippen LogP contribution is -2.37. The largest absolute Gasteiger partial charge is 0.353 e. The van der Waals surface area contributed by atoms with Crippen LogP contribution in [-0.4, -0.2) is 35.0 Å². The number of hydrogen-bond acceptors (Lipinski definition) is 2. The van der Waals surface area contributed by atoms with Crippen molar-refractivity contribution in [2.45, 2.75) is 18.9 Å². The highest BCUT2D eigenvalue weighted by atomic mass is 19.1. The molecule has 1 saturated heterocycles. The van der Waals surface area contributed by atoms with Gasteiger partial charge in [-0.15, -0.1) is 0 Å². The monoisotopic (exact) mass is 315 g/mol. The maximum Gasteiger partial charge on any atom is 0.254 e. The molecule has 1 atom stereocenters. The highest BCUT2D eigenvalue weighted by molar-refractivity contribution is 5.94. The van der Waals surface area contributed by atoms with Crippen molar-refractivity contribution in [2.75, 3.05) is 19.6 Å². The van der Waals surface area contributed by atoms with E-state index in [1.54, 1.807) is 12.1 Å². The number of halogens is 1. The molecule has 3 rings (SSSR count). The molecule has 0 saturated carbocycles. The van der Waals surface area contributed by atoms with Crippen molar-refractivity contribution < 1.29 is 9.18 Å². The van der Waals surface area contributed by atoms with E-state index in [0.717, 1.165) is 13.1 Å². The van der Waals surface area contributed by atoms with E-state index in [-0.39, 0.29) is 17.5 Å². The molecule has 1 aromatic heterocycles. The van der Waals surface area contributed by atoms with Gasteiger partial charge in [-0.2, -0.15) is 0 Å². The Bertz CT molecular complexity index is 676. The standard InChI is InChI=1S/C18H22FN3O/c1-21-10-6-9-16(21)17(22-11-4-5-12-22)13-20-18(23)14-7-2-3-8-15(14)19/h2-3,6-10,17H,4-5,11-13H2,1H3,(H,20,23). The van der Waals surface area contributed by atoms with E-state index in [1.807, 2.05) is 19.3 Å². The first kappa shape index (κ1) is 15.7. The minimum Gasteiger partial charge on any atom is -0.353 e. The molecule has 0 radical (unpaired) electrons. The molecule has 0 aliphatic carbocycles. The number of carbonyl (C=O) groups is 1. The van der Waals surface area contributed by atoms with Crippen molar-refractivity contribution in [1.82, 2.24) is 14.8 Å². The predicted octanol–water partition coefficient (Wildman–Crippen LogP) is 2.73. The smallest absolute Gasteiger partial charge is 0.254 e. The van der Waals surface area contributed by atoms with Gasteiger partial charge in [0, 0.05) is 25.5 Å². The van der Waals surface area contributed by atoms with E-state index in [0.29, 0.717) is 6.54 Å². The molecule has 1 N–H and O–H groups in total. The molecule has 2 heterocycles. The number of rotatable bonds is 5. The van der Waals surface area contributed by atoms with Crippen molar-refractivity contribution in [2.24, 2.45) is 7.05 Å². The second-order valence-corrected chi connectivity index (χ2v) is 5.99. The third-order valence-electron chi connectivity index (χ3n) is 4.48. The van der Waals surface area contributed by atoms with E-state index >= 15 is 0 Å². The molecule has 1 unspecified atom stereocenters. The number of carbonyl (C=O) groups excluding carboxylic acids is 1. The quantitative estimate of drug-likeness (QED) is 0.921. The van der Waals surface area contributed by atoms with Gasteiger partial charge >= 0.3 is 0 Å². The van der Waals surface area contributed by atoms with Crippen LogP contribution in [0.4, 0.5) is 4.39 Å². The predicted molar refractivity (Wildman–Crippen MR) is 87.7 cm³/mol. The summed E-state index contributed by atoms with van der Waals surface area (Å²) in [5, 5.41) is 2.90. The summed E-state index contributed by atoms with van der Waals surface area (Å²) in [7, 11) is 2.01. The number of aryl methyl sites for hydroxylation is 1. The van der Waals surface area contributed by atoms with Crippen molar-refractivity contribution in [3.63, 3.8) is 0 Å².